The van der Waals surface area contributed by atoms with Crippen molar-refractivity contribution in [2.45, 2.75) is 20.4 Å². The minimum absolute atomic E-state index is 0.173. The molecule has 0 aliphatic rings. The summed E-state index contributed by atoms with van der Waals surface area (Å²) in [5.41, 5.74) is 3.52. The Hall–Kier alpha value is -2.30. The third kappa shape index (κ3) is 4.34. The SMILES string of the molecule is CCN(CC)c1ccc(CNc2cncc(N(C)C)c2)cc1F. The van der Waals surface area contributed by atoms with Gasteiger partial charge in [0.25, 0.3) is 0 Å². The van der Waals surface area contributed by atoms with Crippen LogP contribution in [0.25, 0.3) is 0 Å². The van der Waals surface area contributed by atoms with E-state index in [4.69, 9.17) is 0 Å². The second-order valence-electron chi connectivity index (χ2n) is 5.64. The van der Waals surface area contributed by atoms with Crippen LogP contribution in [0.15, 0.2) is 36.7 Å². The van der Waals surface area contributed by atoms with Crippen molar-refractivity contribution in [3.05, 3.63) is 48.0 Å². The molecule has 0 bridgehead atoms. The summed E-state index contributed by atoms with van der Waals surface area (Å²) in [6, 6.07) is 7.44. The summed E-state index contributed by atoms with van der Waals surface area (Å²) >= 11 is 0. The highest BCUT2D eigenvalue weighted by Gasteiger charge is 2.09. The zero-order chi connectivity index (χ0) is 16.8. The minimum Gasteiger partial charge on any atom is -0.380 e. The Bertz CT molecular complexity index is 639. The molecule has 0 radical (unpaired) electrons. The number of benzene rings is 1. The van der Waals surface area contributed by atoms with Gasteiger partial charge in [-0.05, 0) is 37.6 Å². The molecule has 0 unspecified atom stereocenters. The Morgan fingerprint density at radius 3 is 2.43 bits per heavy atom. The highest BCUT2D eigenvalue weighted by molar-refractivity contribution is 5.55. The number of nitrogens with zero attached hydrogens (tertiary/aromatic N) is 3. The van der Waals surface area contributed by atoms with Crippen molar-refractivity contribution in [2.24, 2.45) is 0 Å². The molecule has 5 heteroatoms. The molecule has 2 aromatic rings. The van der Waals surface area contributed by atoms with Crippen LogP contribution in [-0.2, 0) is 6.54 Å². The largest absolute Gasteiger partial charge is 0.380 e. The molecule has 0 amide bonds. The van der Waals surface area contributed by atoms with Gasteiger partial charge in [0.2, 0.25) is 0 Å². The monoisotopic (exact) mass is 316 g/mol. The average molecular weight is 316 g/mol. The van der Waals surface area contributed by atoms with Crippen molar-refractivity contribution in [3.8, 4) is 0 Å². The minimum atomic E-state index is -0.173. The second-order valence-corrected chi connectivity index (χ2v) is 5.64. The summed E-state index contributed by atoms with van der Waals surface area (Å²) in [7, 11) is 3.95. The maximum Gasteiger partial charge on any atom is 0.146 e. The van der Waals surface area contributed by atoms with Gasteiger partial charge in [-0.3, -0.25) is 4.98 Å². The standard InChI is InChI=1S/C18H25FN4/c1-5-23(6-2)18-8-7-14(9-17(18)19)11-21-15-10-16(22(3)4)13-20-12-15/h7-10,12-13,21H,5-6,11H2,1-4H3. The lowest BCUT2D eigenvalue weighted by molar-refractivity contribution is 0.618. The molecule has 0 fully saturated rings. The number of anilines is 3. The van der Waals surface area contributed by atoms with E-state index in [0.29, 0.717) is 12.2 Å². The first kappa shape index (κ1) is 17.1. The molecule has 0 atom stereocenters. The fraction of sp³-hybridized carbons (Fsp3) is 0.389. The fourth-order valence-corrected chi connectivity index (χ4v) is 2.45. The maximum atomic E-state index is 14.3. The van der Waals surface area contributed by atoms with Crippen LogP contribution in [0.4, 0.5) is 21.5 Å². The van der Waals surface area contributed by atoms with Crippen molar-refractivity contribution in [1.29, 1.82) is 0 Å². The zero-order valence-electron chi connectivity index (χ0n) is 14.3. The summed E-state index contributed by atoms with van der Waals surface area (Å²) in [5, 5.41) is 3.29. The van der Waals surface area contributed by atoms with Crippen LogP contribution in [0.3, 0.4) is 0 Å². The fourth-order valence-electron chi connectivity index (χ4n) is 2.45. The molecule has 2 rings (SSSR count). The van der Waals surface area contributed by atoms with Gasteiger partial charge in [-0.1, -0.05) is 6.07 Å². The molecular weight excluding hydrogens is 291 g/mol. The van der Waals surface area contributed by atoms with Crippen LogP contribution in [-0.4, -0.2) is 32.2 Å². The number of halogens is 1. The Balaban J connectivity index is 2.06. The number of pyridine rings is 1. The molecule has 1 aromatic carbocycles. The first-order valence-electron chi connectivity index (χ1n) is 7.94. The Labute approximate surface area is 137 Å². The van der Waals surface area contributed by atoms with E-state index in [1.165, 1.54) is 0 Å². The molecule has 1 heterocycles. The summed E-state index contributed by atoms with van der Waals surface area (Å²) < 4.78 is 14.3. The number of rotatable bonds is 7. The predicted octanol–water partition coefficient (Wildman–Crippen LogP) is 3.75. The average Bonchev–Trinajstić information content (AvgIpc) is 2.56. The van der Waals surface area contributed by atoms with E-state index < -0.39 is 0 Å². The van der Waals surface area contributed by atoms with E-state index >= 15 is 0 Å². The van der Waals surface area contributed by atoms with E-state index in [1.807, 2.05) is 62.1 Å². The molecule has 0 saturated heterocycles. The molecule has 4 nitrogen and oxygen atoms in total. The molecule has 0 saturated carbocycles. The van der Waals surface area contributed by atoms with Gasteiger partial charge in [0.1, 0.15) is 5.82 Å². The van der Waals surface area contributed by atoms with Crippen LogP contribution in [0, 0.1) is 5.82 Å². The molecule has 0 aliphatic heterocycles. The molecule has 124 valence electrons. The van der Waals surface area contributed by atoms with Gasteiger partial charge in [-0.2, -0.15) is 0 Å². The third-order valence-corrected chi connectivity index (χ3v) is 3.85. The van der Waals surface area contributed by atoms with Crippen molar-refractivity contribution in [3.63, 3.8) is 0 Å². The topological polar surface area (TPSA) is 31.4 Å². The van der Waals surface area contributed by atoms with Gasteiger partial charge in [0.05, 0.1) is 29.5 Å². The number of nitrogens with one attached hydrogen (secondary N) is 1. The smallest absolute Gasteiger partial charge is 0.146 e. The number of aromatic nitrogens is 1. The van der Waals surface area contributed by atoms with Crippen LogP contribution in [0.2, 0.25) is 0 Å². The molecule has 1 N–H and O–H groups in total. The first-order valence-corrected chi connectivity index (χ1v) is 7.94. The van der Waals surface area contributed by atoms with Crippen molar-refractivity contribution >= 4 is 17.1 Å². The van der Waals surface area contributed by atoms with E-state index in [9.17, 15) is 4.39 Å². The molecule has 0 spiro atoms. The summed E-state index contributed by atoms with van der Waals surface area (Å²) in [5.74, 6) is -0.173. The quantitative estimate of drug-likeness (QED) is 0.843. The first-order chi connectivity index (χ1) is 11.0. The Morgan fingerprint density at radius 2 is 1.83 bits per heavy atom. The van der Waals surface area contributed by atoms with Crippen LogP contribution < -0.4 is 15.1 Å². The normalized spacial score (nSPS) is 10.5. The third-order valence-electron chi connectivity index (χ3n) is 3.85. The lowest BCUT2D eigenvalue weighted by atomic mass is 10.1. The molecule has 1 aromatic heterocycles. The Kier molecular flexibility index (Phi) is 5.79. The van der Waals surface area contributed by atoms with Gasteiger partial charge < -0.3 is 15.1 Å². The Morgan fingerprint density at radius 1 is 1.09 bits per heavy atom. The van der Waals surface area contributed by atoms with Crippen LogP contribution in [0.1, 0.15) is 19.4 Å². The number of hydrogen-bond donors (Lipinski definition) is 1. The lowest BCUT2D eigenvalue weighted by Gasteiger charge is -2.22. The van der Waals surface area contributed by atoms with Crippen molar-refractivity contribution < 1.29 is 4.39 Å². The van der Waals surface area contributed by atoms with Gasteiger partial charge in [0, 0.05) is 33.7 Å². The van der Waals surface area contributed by atoms with Gasteiger partial charge in [0.15, 0.2) is 0 Å². The van der Waals surface area contributed by atoms with E-state index in [2.05, 4.69) is 10.3 Å². The zero-order valence-corrected chi connectivity index (χ0v) is 14.3. The van der Waals surface area contributed by atoms with Gasteiger partial charge in [-0.15, -0.1) is 0 Å². The molecule has 23 heavy (non-hydrogen) atoms. The lowest BCUT2D eigenvalue weighted by Crippen LogP contribution is -2.23. The van der Waals surface area contributed by atoms with Gasteiger partial charge in [-0.25, -0.2) is 4.39 Å². The van der Waals surface area contributed by atoms with Gasteiger partial charge >= 0.3 is 0 Å². The van der Waals surface area contributed by atoms with E-state index in [-0.39, 0.29) is 5.82 Å². The highest BCUT2D eigenvalue weighted by Crippen LogP contribution is 2.21. The van der Waals surface area contributed by atoms with Crippen molar-refractivity contribution in [2.75, 3.05) is 42.3 Å². The molecule has 0 aliphatic carbocycles. The summed E-state index contributed by atoms with van der Waals surface area (Å²) in [6.45, 7) is 6.22. The van der Waals surface area contributed by atoms with Crippen LogP contribution in [0.5, 0.6) is 0 Å². The second kappa shape index (κ2) is 7.81. The van der Waals surface area contributed by atoms with E-state index in [1.54, 1.807) is 12.3 Å². The number of hydrogen-bond acceptors (Lipinski definition) is 4. The molecular formula is C18H25FN4. The van der Waals surface area contributed by atoms with E-state index in [0.717, 1.165) is 30.0 Å². The van der Waals surface area contributed by atoms with Crippen LogP contribution >= 0.6 is 0 Å². The maximum absolute atomic E-state index is 14.3. The van der Waals surface area contributed by atoms with Crippen molar-refractivity contribution in [1.82, 2.24) is 4.98 Å². The predicted molar refractivity (Wildman–Crippen MR) is 95.9 cm³/mol. The summed E-state index contributed by atoms with van der Waals surface area (Å²) in [6.07, 6.45) is 3.58. The summed E-state index contributed by atoms with van der Waals surface area (Å²) in [4.78, 5) is 8.22. The highest BCUT2D eigenvalue weighted by atomic mass is 19.1.